The molecule has 0 radical (unpaired) electrons. The van der Waals surface area contributed by atoms with E-state index in [1.165, 1.54) is 6.42 Å². The lowest BCUT2D eigenvalue weighted by Gasteiger charge is -2.21. The number of aromatic amines is 1. The van der Waals surface area contributed by atoms with Gasteiger partial charge in [-0.05, 0) is 50.3 Å². The van der Waals surface area contributed by atoms with Gasteiger partial charge in [-0.3, -0.25) is 14.7 Å². The molecule has 2 N–H and O–H groups in total. The molecule has 0 bridgehead atoms. The number of carbonyl (C=O) groups is 1. The van der Waals surface area contributed by atoms with Crippen molar-refractivity contribution in [1.82, 2.24) is 24.9 Å². The summed E-state index contributed by atoms with van der Waals surface area (Å²) in [5, 5.41) is 11.4. The van der Waals surface area contributed by atoms with Crippen LogP contribution in [0.2, 0.25) is 0 Å². The van der Waals surface area contributed by atoms with Crippen LogP contribution in [-0.2, 0) is 0 Å². The highest BCUT2D eigenvalue weighted by Crippen LogP contribution is 2.28. The topological polar surface area (TPSA) is 84.7 Å². The molecule has 3 aromatic rings. The van der Waals surface area contributed by atoms with Crippen molar-refractivity contribution < 1.29 is 4.79 Å². The van der Waals surface area contributed by atoms with Crippen LogP contribution in [-0.4, -0.2) is 31.5 Å². The fourth-order valence-electron chi connectivity index (χ4n) is 4.16. The molecule has 2 fully saturated rings. The number of hydrogen-bond acceptors (Lipinski definition) is 3. The van der Waals surface area contributed by atoms with E-state index in [9.17, 15) is 9.59 Å². The molecule has 2 saturated carbocycles. The fraction of sp³-hybridized carbons (Fsp3) is 0.476. The van der Waals surface area contributed by atoms with Crippen molar-refractivity contribution in [3.05, 3.63) is 45.9 Å². The van der Waals surface area contributed by atoms with Crippen LogP contribution in [0.3, 0.4) is 0 Å². The van der Waals surface area contributed by atoms with Gasteiger partial charge in [-0.2, -0.15) is 5.10 Å². The zero-order valence-electron chi connectivity index (χ0n) is 16.1. The third-order valence-electron chi connectivity index (χ3n) is 6.00. The van der Waals surface area contributed by atoms with Gasteiger partial charge in [-0.15, -0.1) is 0 Å². The monoisotopic (exact) mass is 379 g/mol. The fourth-order valence-corrected chi connectivity index (χ4v) is 4.16. The Balaban J connectivity index is 1.55. The van der Waals surface area contributed by atoms with Crippen molar-refractivity contribution in [3.63, 3.8) is 0 Å². The van der Waals surface area contributed by atoms with Crippen LogP contribution in [0.25, 0.3) is 16.7 Å². The number of aromatic nitrogens is 4. The lowest BCUT2D eigenvalue weighted by Crippen LogP contribution is -2.25. The summed E-state index contributed by atoms with van der Waals surface area (Å²) in [6.45, 7) is 1.99. The zero-order chi connectivity index (χ0) is 19.3. The molecule has 7 nitrogen and oxygen atoms in total. The molecule has 2 aliphatic carbocycles. The minimum atomic E-state index is -0.0552. The van der Waals surface area contributed by atoms with Gasteiger partial charge in [-0.1, -0.05) is 25.3 Å². The summed E-state index contributed by atoms with van der Waals surface area (Å²) in [5.74, 6) is -0.0552. The van der Waals surface area contributed by atoms with E-state index in [-0.39, 0.29) is 17.5 Å². The van der Waals surface area contributed by atoms with Crippen LogP contribution >= 0.6 is 0 Å². The SMILES string of the molecule is Cc1ccc(C(=O)NC2CC2)cc1-n1ncc2c(=O)n(C3CCCCC3)[nH]c21. The molecule has 5 rings (SSSR count). The Kier molecular flexibility index (Phi) is 4.10. The van der Waals surface area contributed by atoms with E-state index in [0.717, 1.165) is 49.8 Å². The smallest absolute Gasteiger partial charge is 0.277 e. The van der Waals surface area contributed by atoms with Crippen LogP contribution in [0.1, 0.15) is 66.9 Å². The van der Waals surface area contributed by atoms with Crippen LogP contribution in [0.4, 0.5) is 0 Å². The Morgan fingerprint density at radius 3 is 2.71 bits per heavy atom. The molecule has 2 heterocycles. The molecule has 2 aromatic heterocycles. The zero-order valence-corrected chi connectivity index (χ0v) is 16.1. The minimum absolute atomic E-state index is 0.00608. The highest BCUT2D eigenvalue weighted by molar-refractivity contribution is 5.95. The van der Waals surface area contributed by atoms with Gasteiger partial charge in [0, 0.05) is 11.6 Å². The molecule has 1 aromatic carbocycles. The highest BCUT2D eigenvalue weighted by atomic mass is 16.2. The molecule has 0 unspecified atom stereocenters. The molecule has 2 aliphatic rings. The average Bonchev–Trinajstić information content (AvgIpc) is 3.33. The maximum Gasteiger partial charge on any atom is 0.277 e. The first-order valence-electron chi connectivity index (χ1n) is 10.2. The molecule has 28 heavy (non-hydrogen) atoms. The van der Waals surface area contributed by atoms with Gasteiger partial charge in [0.1, 0.15) is 5.39 Å². The summed E-state index contributed by atoms with van der Waals surface area (Å²) < 4.78 is 3.53. The van der Waals surface area contributed by atoms with Gasteiger partial charge in [0.15, 0.2) is 5.65 Å². The summed E-state index contributed by atoms with van der Waals surface area (Å²) in [4.78, 5) is 25.3. The van der Waals surface area contributed by atoms with E-state index >= 15 is 0 Å². The summed E-state index contributed by atoms with van der Waals surface area (Å²) in [6, 6.07) is 6.18. The van der Waals surface area contributed by atoms with Gasteiger partial charge in [0.25, 0.3) is 11.5 Å². The third kappa shape index (κ3) is 2.95. The van der Waals surface area contributed by atoms with E-state index in [2.05, 4.69) is 15.5 Å². The first kappa shape index (κ1) is 17.3. The number of H-pyrrole nitrogens is 1. The number of benzene rings is 1. The number of nitrogens with one attached hydrogen (secondary N) is 2. The van der Waals surface area contributed by atoms with Crippen molar-refractivity contribution in [2.24, 2.45) is 0 Å². The Morgan fingerprint density at radius 1 is 1.18 bits per heavy atom. The first-order chi connectivity index (χ1) is 13.6. The Hall–Kier alpha value is -2.83. The predicted molar refractivity (Wildman–Crippen MR) is 107 cm³/mol. The number of rotatable bonds is 4. The van der Waals surface area contributed by atoms with Crippen molar-refractivity contribution in [3.8, 4) is 5.69 Å². The molecule has 7 heteroatoms. The van der Waals surface area contributed by atoms with Crippen molar-refractivity contribution in [2.45, 2.75) is 64.0 Å². The second-order valence-corrected chi connectivity index (χ2v) is 8.15. The summed E-state index contributed by atoms with van der Waals surface area (Å²) in [6.07, 6.45) is 9.38. The number of amides is 1. The van der Waals surface area contributed by atoms with Gasteiger partial charge >= 0.3 is 0 Å². The van der Waals surface area contributed by atoms with E-state index in [0.29, 0.717) is 22.6 Å². The highest BCUT2D eigenvalue weighted by Gasteiger charge is 2.25. The second kappa shape index (κ2) is 6.65. The number of aryl methyl sites for hydroxylation is 1. The normalized spacial score (nSPS) is 17.9. The van der Waals surface area contributed by atoms with Gasteiger partial charge in [0.05, 0.1) is 17.9 Å². The van der Waals surface area contributed by atoms with Crippen LogP contribution in [0, 0.1) is 6.92 Å². The van der Waals surface area contributed by atoms with E-state index in [1.54, 1.807) is 15.6 Å². The Labute approximate surface area is 162 Å². The Morgan fingerprint density at radius 2 is 1.96 bits per heavy atom. The lowest BCUT2D eigenvalue weighted by atomic mass is 9.96. The average molecular weight is 379 g/mol. The summed E-state index contributed by atoms with van der Waals surface area (Å²) in [5.41, 5.74) is 3.12. The molecule has 0 atom stereocenters. The molecule has 0 spiro atoms. The Bertz CT molecular complexity index is 1100. The lowest BCUT2D eigenvalue weighted by molar-refractivity contribution is 0.0951. The van der Waals surface area contributed by atoms with Crippen molar-refractivity contribution in [2.75, 3.05) is 0 Å². The molecule has 1 amide bonds. The van der Waals surface area contributed by atoms with Gasteiger partial charge in [-0.25, -0.2) is 9.36 Å². The van der Waals surface area contributed by atoms with E-state index in [4.69, 9.17) is 0 Å². The van der Waals surface area contributed by atoms with Crippen LogP contribution < -0.4 is 10.9 Å². The molecular weight excluding hydrogens is 354 g/mol. The first-order valence-corrected chi connectivity index (χ1v) is 10.2. The minimum Gasteiger partial charge on any atom is -0.349 e. The molecule has 0 aliphatic heterocycles. The maximum absolute atomic E-state index is 12.9. The van der Waals surface area contributed by atoms with Gasteiger partial charge in [0.2, 0.25) is 0 Å². The summed E-state index contributed by atoms with van der Waals surface area (Å²) in [7, 11) is 0. The number of nitrogens with zero attached hydrogens (tertiary/aromatic N) is 3. The number of hydrogen-bond donors (Lipinski definition) is 2. The van der Waals surface area contributed by atoms with Crippen LogP contribution in [0.15, 0.2) is 29.2 Å². The number of fused-ring (bicyclic) bond motifs is 1. The standard InChI is InChI=1S/C21H25N5O2/c1-13-7-8-14(20(27)23-15-9-10-15)11-18(13)26-19-17(12-22-26)21(28)25(24-19)16-5-3-2-4-6-16/h7-8,11-12,15-16,24H,2-6,9-10H2,1H3,(H,23,27). The van der Waals surface area contributed by atoms with E-state index in [1.807, 2.05) is 25.1 Å². The van der Waals surface area contributed by atoms with Crippen LogP contribution in [0.5, 0.6) is 0 Å². The summed E-state index contributed by atoms with van der Waals surface area (Å²) >= 11 is 0. The number of carbonyl (C=O) groups excluding carboxylic acids is 1. The molecular formula is C21H25N5O2. The maximum atomic E-state index is 12.9. The predicted octanol–water partition coefficient (Wildman–Crippen LogP) is 3.22. The quantitative estimate of drug-likeness (QED) is 0.730. The molecule has 146 valence electrons. The van der Waals surface area contributed by atoms with E-state index < -0.39 is 0 Å². The second-order valence-electron chi connectivity index (χ2n) is 8.15. The largest absolute Gasteiger partial charge is 0.349 e. The van der Waals surface area contributed by atoms with Crippen molar-refractivity contribution in [1.29, 1.82) is 0 Å². The third-order valence-corrected chi connectivity index (χ3v) is 6.00. The van der Waals surface area contributed by atoms with Crippen molar-refractivity contribution >= 4 is 16.9 Å². The molecule has 0 saturated heterocycles. The van der Waals surface area contributed by atoms with Gasteiger partial charge < -0.3 is 5.32 Å².